The number of nitrogens with zero attached hydrogens (tertiary/aromatic N) is 1. The number of benzene rings is 1. The summed E-state index contributed by atoms with van der Waals surface area (Å²) in [6.45, 7) is 4.74. The van der Waals surface area contributed by atoms with Gasteiger partial charge in [0.25, 0.3) is 0 Å². The average Bonchev–Trinajstić information content (AvgIpc) is 2.48. The summed E-state index contributed by atoms with van der Waals surface area (Å²) in [4.78, 5) is 4.08. The van der Waals surface area contributed by atoms with Crippen molar-refractivity contribution in [1.29, 1.82) is 0 Å². The van der Waals surface area contributed by atoms with Gasteiger partial charge in [-0.3, -0.25) is 4.99 Å². The fourth-order valence-corrected chi connectivity index (χ4v) is 1.64. The number of nitrogens with one attached hydrogen (secondary N) is 2. The maximum atomic E-state index is 5.70. The number of hydrogen-bond donors (Lipinski definition) is 2. The second kappa shape index (κ2) is 9.88. The molecule has 0 saturated heterocycles. The van der Waals surface area contributed by atoms with Crippen molar-refractivity contribution in [2.45, 2.75) is 13.5 Å². The Balaban J connectivity index is 2.17. The lowest BCUT2D eigenvalue weighted by Gasteiger charge is -2.15. The molecule has 1 aromatic carbocycles. The normalized spacial score (nSPS) is 12.6. The maximum Gasteiger partial charge on any atom is 0.191 e. The molecule has 1 aromatic rings. The third-order valence-corrected chi connectivity index (χ3v) is 2.71. The van der Waals surface area contributed by atoms with E-state index in [4.69, 9.17) is 11.2 Å². The van der Waals surface area contributed by atoms with Gasteiger partial charge in [-0.25, -0.2) is 0 Å². The quantitative estimate of drug-likeness (QED) is 0.451. The minimum absolute atomic E-state index is 0.392. The SMILES string of the molecule is C#CCNC(=NC)NCC(C)COCc1ccccc1. The standard InChI is InChI=1S/C16H23N3O/c1-4-10-18-16(17-3)19-11-14(2)12-20-13-15-8-6-5-7-9-15/h1,5-9,14H,10-13H2,2-3H3,(H2,17,18,19). The molecule has 0 aliphatic rings. The van der Waals surface area contributed by atoms with E-state index in [2.05, 4.69) is 40.6 Å². The molecule has 4 heteroatoms. The number of ether oxygens (including phenoxy) is 1. The van der Waals surface area contributed by atoms with Crippen molar-refractivity contribution in [3.05, 3.63) is 35.9 Å². The van der Waals surface area contributed by atoms with Crippen molar-refractivity contribution in [3.63, 3.8) is 0 Å². The van der Waals surface area contributed by atoms with Crippen LogP contribution in [0, 0.1) is 18.3 Å². The van der Waals surface area contributed by atoms with Crippen molar-refractivity contribution in [2.24, 2.45) is 10.9 Å². The molecular formula is C16H23N3O. The predicted octanol–water partition coefficient (Wildman–Crippen LogP) is 1.64. The summed E-state index contributed by atoms with van der Waals surface area (Å²) in [6, 6.07) is 10.2. The van der Waals surface area contributed by atoms with Gasteiger partial charge >= 0.3 is 0 Å². The number of guanidine groups is 1. The van der Waals surface area contributed by atoms with Crippen LogP contribution in [-0.2, 0) is 11.3 Å². The molecular weight excluding hydrogens is 250 g/mol. The Hall–Kier alpha value is -1.99. The van der Waals surface area contributed by atoms with Crippen LogP contribution in [0.5, 0.6) is 0 Å². The van der Waals surface area contributed by atoms with E-state index in [0.717, 1.165) is 12.5 Å². The summed E-state index contributed by atoms with van der Waals surface area (Å²) in [6.07, 6.45) is 5.19. The molecule has 4 nitrogen and oxygen atoms in total. The fraction of sp³-hybridized carbons (Fsp3) is 0.438. The summed E-state index contributed by atoms with van der Waals surface area (Å²) >= 11 is 0. The molecule has 2 N–H and O–H groups in total. The Kier molecular flexibility index (Phi) is 7.93. The van der Waals surface area contributed by atoms with Gasteiger partial charge in [-0.2, -0.15) is 0 Å². The van der Waals surface area contributed by atoms with Crippen LogP contribution >= 0.6 is 0 Å². The molecule has 0 aliphatic heterocycles. The highest BCUT2D eigenvalue weighted by molar-refractivity contribution is 5.79. The first kappa shape index (κ1) is 16.1. The molecule has 0 spiro atoms. The summed E-state index contributed by atoms with van der Waals surface area (Å²) in [7, 11) is 1.72. The molecule has 20 heavy (non-hydrogen) atoms. The van der Waals surface area contributed by atoms with Gasteiger partial charge in [-0.15, -0.1) is 6.42 Å². The van der Waals surface area contributed by atoms with Crippen molar-refractivity contribution in [1.82, 2.24) is 10.6 Å². The Bertz CT molecular complexity index is 437. The van der Waals surface area contributed by atoms with Gasteiger partial charge in [0, 0.05) is 13.6 Å². The van der Waals surface area contributed by atoms with E-state index in [1.807, 2.05) is 18.2 Å². The average molecular weight is 273 g/mol. The van der Waals surface area contributed by atoms with Crippen LogP contribution in [0.4, 0.5) is 0 Å². The van der Waals surface area contributed by atoms with Crippen LogP contribution < -0.4 is 10.6 Å². The highest BCUT2D eigenvalue weighted by Crippen LogP contribution is 2.02. The lowest BCUT2D eigenvalue weighted by molar-refractivity contribution is 0.0931. The molecule has 1 rings (SSSR count). The zero-order valence-electron chi connectivity index (χ0n) is 12.2. The molecule has 1 unspecified atom stereocenters. The van der Waals surface area contributed by atoms with Crippen molar-refractivity contribution in [2.75, 3.05) is 26.7 Å². The summed E-state index contributed by atoms with van der Waals surface area (Å²) in [5.74, 6) is 3.63. The van der Waals surface area contributed by atoms with Crippen molar-refractivity contribution in [3.8, 4) is 12.3 Å². The van der Waals surface area contributed by atoms with Crippen LogP contribution in [0.25, 0.3) is 0 Å². The largest absolute Gasteiger partial charge is 0.376 e. The van der Waals surface area contributed by atoms with Gasteiger partial charge in [-0.05, 0) is 11.5 Å². The van der Waals surface area contributed by atoms with Crippen LogP contribution in [0.1, 0.15) is 12.5 Å². The number of rotatable bonds is 7. The third-order valence-electron chi connectivity index (χ3n) is 2.71. The maximum absolute atomic E-state index is 5.70. The zero-order valence-corrected chi connectivity index (χ0v) is 12.2. The molecule has 0 aromatic heterocycles. The van der Waals surface area contributed by atoms with E-state index in [9.17, 15) is 0 Å². The Morgan fingerprint density at radius 1 is 1.35 bits per heavy atom. The highest BCUT2D eigenvalue weighted by atomic mass is 16.5. The van der Waals surface area contributed by atoms with Gasteiger partial charge in [0.15, 0.2) is 5.96 Å². The number of aliphatic imine (C=N–C) groups is 1. The molecule has 0 aliphatic carbocycles. The summed E-state index contributed by atoms with van der Waals surface area (Å²) < 4.78 is 5.70. The molecule has 0 saturated carbocycles. The summed E-state index contributed by atoms with van der Waals surface area (Å²) in [5.41, 5.74) is 1.19. The first-order valence-electron chi connectivity index (χ1n) is 6.76. The molecule has 0 heterocycles. The van der Waals surface area contributed by atoms with Gasteiger partial charge in [0.2, 0.25) is 0 Å². The minimum atomic E-state index is 0.392. The molecule has 0 amide bonds. The van der Waals surface area contributed by atoms with Crippen LogP contribution in [0.15, 0.2) is 35.3 Å². The topological polar surface area (TPSA) is 45.7 Å². The number of terminal acetylenes is 1. The summed E-state index contributed by atoms with van der Waals surface area (Å²) in [5, 5.41) is 6.23. The van der Waals surface area contributed by atoms with Crippen LogP contribution in [0.2, 0.25) is 0 Å². The second-order valence-corrected chi connectivity index (χ2v) is 4.62. The fourth-order valence-electron chi connectivity index (χ4n) is 1.64. The first-order chi connectivity index (χ1) is 9.76. The Labute approximate surface area is 121 Å². The lowest BCUT2D eigenvalue weighted by Crippen LogP contribution is -2.40. The Morgan fingerprint density at radius 2 is 2.10 bits per heavy atom. The predicted molar refractivity (Wildman–Crippen MR) is 83.5 cm³/mol. The Morgan fingerprint density at radius 3 is 2.75 bits per heavy atom. The third kappa shape index (κ3) is 6.81. The van der Waals surface area contributed by atoms with Crippen molar-refractivity contribution >= 4 is 5.96 Å². The molecule has 0 bridgehead atoms. The van der Waals surface area contributed by atoms with E-state index < -0.39 is 0 Å². The van der Waals surface area contributed by atoms with Gasteiger partial charge in [0.1, 0.15) is 0 Å². The molecule has 108 valence electrons. The van der Waals surface area contributed by atoms with E-state index in [0.29, 0.717) is 25.7 Å². The monoisotopic (exact) mass is 273 g/mol. The van der Waals surface area contributed by atoms with E-state index in [1.54, 1.807) is 7.05 Å². The lowest BCUT2D eigenvalue weighted by atomic mass is 10.2. The number of hydrogen-bond acceptors (Lipinski definition) is 2. The van der Waals surface area contributed by atoms with Gasteiger partial charge in [0.05, 0.1) is 19.8 Å². The first-order valence-corrected chi connectivity index (χ1v) is 6.76. The van der Waals surface area contributed by atoms with Gasteiger partial charge in [-0.1, -0.05) is 43.2 Å². The second-order valence-electron chi connectivity index (χ2n) is 4.62. The van der Waals surface area contributed by atoms with Gasteiger partial charge < -0.3 is 15.4 Å². The zero-order chi connectivity index (χ0) is 14.6. The minimum Gasteiger partial charge on any atom is -0.376 e. The smallest absolute Gasteiger partial charge is 0.191 e. The van der Waals surface area contributed by atoms with Crippen LogP contribution in [0.3, 0.4) is 0 Å². The van der Waals surface area contributed by atoms with E-state index >= 15 is 0 Å². The van der Waals surface area contributed by atoms with Crippen LogP contribution in [-0.4, -0.2) is 32.7 Å². The highest BCUT2D eigenvalue weighted by Gasteiger charge is 2.04. The van der Waals surface area contributed by atoms with Crippen molar-refractivity contribution < 1.29 is 4.74 Å². The molecule has 1 atom stereocenters. The molecule has 0 fully saturated rings. The molecule has 0 radical (unpaired) electrons. The van der Waals surface area contributed by atoms with E-state index in [-0.39, 0.29) is 0 Å². The van der Waals surface area contributed by atoms with E-state index in [1.165, 1.54) is 5.56 Å².